The van der Waals surface area contributed by atoms with Crippen LogP contribution >= 0.6 is 0 Å². The standard InChI is InChI=1S/C13H21N3O/c1-9-12(11-8-17-7-6-14-11)16-13(15-9)10-4-2-3-5-10/h10-11,14H,2-8H2,1H3,(H,15,16). The Bertz CT molecular complexity index is 376. The van der Waals surface area contributed by atoms with Gasteiger partial charge in [0.1, 0.15) is 5.82 Å². The predicted octanol–water partition coefficient (Wildman–Crippen LogP) is 2.04. The zero-order valence-electron chi connectivity index (χ0n) is 10.5. The summed E-state index contributed by atoms with van der Waals surface area (Å²) < 4.78 is 5.51. The molecule has 3 rings (SSSR count). The van der Waals surface area contributed by atoms with Crippen molar-refractivity contribution in [2.45, 2.75) is 44.6 Å². The molecule has 1 atom stereocenters. The number of ether oxygens (including phenoxy) is 1. The topological polar surface area (TPSA) is 49.9 Å². The molecule has 0 spiro atoms. The van der Waals surface area contributed by atoms with Crippen LogP contribution in [0.25, 0.3) is 0 Å². The van der Waals surface area contributed by atoms with Gasteiger partial charge in [-0.2, -0.15) is 0 Å². The quantitative estimate of drug-likeness (QED) is 0.824. The number of rotatable bonds is 2. The van der Waals surface area contributed by atoms with Gasteiger partial charge in [-0.25, -0.2) is 4.98 Å². The molecule has 1 aliphatic heterocycles. The van der Waals surface area contributed by atoms with E-state index in [1.54, 1.807) is 0 Å². The van der Waals surface area contributed by atoms with Crippen molar-refractivity contribution in [3.05, 3.63) is 17.2 Å². The van der Waals surface area contributed by atoms with E-state index in [1.165, 1.54) is 37.2 Å². The van der Waals surface area contributed by atoms with Crippen molar-refractivity contribution < 1.29 is 4.74 Å². The molecule has 1 saturated carbocycles. The fraction of sp³-hybridized carbons (Fsp3) is 0.769. The van der Waals surface area contributed by atoms with Crippen LogP contribution in [0.2, 0.25) is 0 Å². The first-order valence-corrected chi connectivity index (χ1v) is 6.72. The molecule has 0 amide bonds. The molecule has 94 valence electrons. The number of imidazole rings is 1. The Hall–Kier alpha value is -0.870. The Kier molecular flexibility index (Phi) is 3.16. The lowest BCUT2D eigenvalue weighted by Gasteiger charge is -2.22. The lowest BCUT2D eigenvalue weighted by atomic mass is 10.1. The SMILES string of the molecule is Cc1[nH]c(C2CCCC2)nc1C1COCCN1. The summed E-state index contributed by atoms with van der Waals surface area (Å²) in [6.07, 6.45) is 5.29. The first-order valence-electron chi connectivity index (χ1n) is 6.72. The van der Waals surface area contributed by atoms with Crippen LogP contribution < -0.4 is 5.32 Å². The summed E-state index contributed by atoms with van der Waals surface area (Å²) in [5.41, 5.74) is 2.36. The number of aromatic nitrogens is 2. The molecule has 1 saturated heterocycles. The van der Waals surface area contributed by atoms with E-state index in [2.05, 4.69) is 17.2 Å². The van der Waals surface area contributed by atoms with Crippen LogP contribution in [0.3, 0.4) is 0 Å². The van der Waals surface area contributed by atoms with Crippen LogP contribution in [0, 0.1) is 6.92 Å². The molecule has 4 heteroatoms. The molecule has 1 aromatic heterocycles. The first kappa shape index (κ1) is 11.2. The second kappa shape index (κ2) is 4.78. The fourth-order valence-electron chi connectivity index (χ4n) is 2.97. The molecule has 17 heavy (non-hydrogen) atoms. The second-order valence-corrected chi connectivity index (χ2v) is 5.20. The number of hydrogen-bond acceptors (Lipinski definition) is 3. The van der Waals surface area contributed by atoms with Crippen LogP contribution in [0.4, 0.5) is 0 Å². The minimum absolute atomic E-state index is 0.273. The summed E-state index contributed by atoms with van der Waals surface area (Å²) in [6, 6.07) is 0.273. The molecule has 1 aliphatic carbocycles. The maximum absolute atomic E-state index is 5.51. The lowest BCUT2D eigenvalue weighted by molar-refractivity contribution is 0.0755. The summed E-state index contributed by atoms with van der Waals surface area (Å²) in [4.78, 5) is 8.29. The Labute approximate surface area is 102 Å². The molecular weight excluding hydrogens is 214 g/mol. The van der Waals surface area contributed by atoms with E-state index in [0.717, 1.165) is 25.5 Å². The van der Waals surface area contributed by atoms with Crippen LogP contribution in [-0.4, -0.2) is 29.7 Å². The summed E-state index contributed by atoms with van der Waals surface area (Å²) >= 11 is 0. The highest BCUT2D eigenvalue weighted by Gasteiger charge is 2.25. The summed E-state index contributed by atoms with van der Waals surface area (Å²) in [5.74, 6) is 1.86. The van der Waals surface area contributed by atoms with Crippen molar-refractivity contribution in [2.75, 3.05) is 19.8 Å². The molecule has 0 bridgehead atoms. The third-order valence-corrected chi connectivity index (χ3v) is 3.93. The number of hydrogen-bond donors (Lipinski definition) is 2. The molecule has 1 unspecified atom stereocenters. The van der Waals surface area contributed by atoms with E-state index < -0.39 is 0 Å². The van der Waals surface area contributed by atoms with Gasteiger partial charge < -0.3 is 15.0 Å². The molecule has 0 aromatic carbocycles. The number of aromatic amines is 1. The number of aryl methyl sites for hydroxylation is 1. The summed E-state index contributed by atoms with van der Waals surface area (Å²) in [7, 11) is 0. The van der Waals surface area contributed by atoms with Crippen LogP contribution in [0.15, 0.2) is 0 Å². The van der Waals surface area contributed by atoms with Crippen molar-refractivity contribution >= 4 is 0 Å². The first-order chi connectivity index (χ1) is 8.34. The highest BCUT2D eigenvalue weighted by molar-refractivity contribution is 5.20. The molecule has 4 nitrogen and oxygen atoms in total. The number of nitrogens with zero attached hydrogens (tertiary/aromatic N) is 1. The lowest BCUT2D eigenvalue weighted by Crippen LogP contribution is -2.35. The highest BCUT2D eigenvalue weighted by atomic mass is 16.5. The number of nitrogens with one attached hydrogen (secondary N) is 2. The predicted molar refractivity (Wildman–Crippen MR) is 66.1 cm³/mol. The van der Waals surface area contributed by atoms with E-state index in [-0.39, 0.29) is 6.04 Å². The Morgan fingerprint density at radius 1 is 1.29 bits per heavy atom. The van der Waals surface area contributed by atoms with Gasteiger partial charge in [-0.15, -0.1) is 0 Å². The monoisotopic (exact) mass is 235 g/mol. The Balaban J connectivity index is 1.79. The molecule has 0 radical (unpaired) electrons. The Morgan fingerprint density at radius 2 is 2.12 bits per heavy atom. The van der Waals surface area contributed by atoms with Gasteiger partial charge in [-0.1, -0.05) is 12.8 Å². The van der Waals surface area contributed by atoms with E-state index in [9.17, 15) is 0 Å². The maximum Gasteiger partial charge on any atom is 0.109 e. The van der Waals surface area contributed by atoms with Gasteiger partial charge >= 0.3 is 0 Å². The van der Waals surface area contributed by atoms with Crippen molar-refractivity contribution in [3.63, 3.8) is 0 Å². The Morgan fingerprint density at radius 3 is 2.82 bits per heavy atom. The van der Waals surface area contributed by atoms with Crippen molar-refractivity contribution in [1.82, 2.24) is 15.3 Å². The van der Waals surface area contributed by atoms with Gasteiger partial charge in [-0.05, 0) is 19.8 Å². The van der Waals surface area contributed by atoms with Crippen molar-refractivity contribution in [2.24, 2.45) is 0 Å². The van der Waals surface area contributed by atoms with Crippen molar-refractivity contribution in [3.8, 4) is 0 Å². The van der Waals surface area contributed by atoms with Crippen molar-refractivity contribution in [1.29, 1.82) is 0 Å². The normalized spacial score (nSPS) is 26.5. The van der Waals surface area contributed by atoms with E-state index >= 15 is 0 Å². The minimum Gasteiger partial charge on any atom is -0.378 e. The minimum atomic E-state index is 0.273. The zero-order chi connectivity index (χ0) is 11.7. The smallest absolute Gasteiger partial charge is 0.109 e. The molecule has 2 N–H and O–H groups in total. The second-order valence-electron chi connectivity index (χ2n) is 5.20. The fourth-order valence-corrected chi connectivity index (χ4v) is 2.97. The number of morpholine rings is 1. The largest absolute Gasteiger partial charge is 0.378 e. The molecule has 2 aliphatic rings. The average Bonchev–Trinajstić information content (AvgIpc) is 2.99. The maximum atomic E-state index is 5.51. The van der Waals surface area contributed by atoms with Gasteiger partial charge in [0.05, 0.1) is 24.9 Å². The van der Waals surface area contributed by atoms with Crippen LogP contribution in [0.1, 0.15) is 54.9 Å². The van der Waals surface area contributed by atoms with Gasteiger partial charge in [-0.3, -0.25) is 0 Å². The van der Waals surface area contributed by atoms with Gasteiger partial charge in [0, 0.05) is 18.2 Å². The molecule has 1 aromatic rings. The molecular formula is C13H21N3O. The summed E-state index contributed by atoms with van der Waals surface area (Å²) in [5, 5.41) is 3.47. The van der Waals surface area contributed by atoms with Crippen LogP contribution in [-0.2, 0) is 4.74 Å². The van der Waals surface area contributed by atoms with Gasteiger partial charge in [0.2, 0.25) is 0 Å². The van der Waals surface area contributed by atoms with Gasteiger partial charge in [0.15, 0.2) is 0 Å². The highest BCUT2D eigenvalue weighted by Crippen LogP contribution is 2.33. The number of H-pyrrole nitrogens is 1. The third-order valence-electron chi connectivity index (χ3n) is 3.93. The van der Waals surface area contributed by atoms with E-state index in [4.69, 9.17) is 9.72 Å². The van der Waals surface area contributed by atoms with E-state index in [0.29, 0.717) is 5.92 Å². The molecule has 2 heterocycles. The van der Waals surface area contributed by atoms with Gasteiger partial charge in [0.25, 0.3) is 0 Å². The summed E-state index contributed by atoms with van der Waals surface area (Å²) in [6.45, 7) is 4.61. The van der Waals surface area contributed by atoms with E-state index in [1.807, 2.05) is 0 Å². The third kappa shape index (κ3) is 2.24. The zero-order valence-corrected chi connectivity index (χ0v) is 10.5. The van der Waals surface area contributed by atoms with Crippen LogP contribution in [0.5, 0.6) is 0 Å². The average molecular weight is 235 g/mol. The molecule has 2 fully saturated rings.